The summed E-state index contributed by atoms with van der Waals surface area (Å²) in [5, 5.41) is 10.7. The van der Waals surface area contributed by atoms with Crippen LogP contribution in [0.1, 0.15) is 18.1 Å². The molecule has 0 aliphatic carbocycles. The molecule has 0 aromatic heterocycles. The van der Waals surface area contributed by atoms with Crippen LogP contribution in [0.5, 0.6) is 0 Å². The van der Waals surface area contributed by atoms with Crippen molar-refractivity contribution in [3.8, 4) is 0 Å². The lowest BCUT2D eigenvalue weighted by atomic mass is 9.87. The zero-order chi connectivity index (χ0) is 13.3. The minimum Gasteiger partial charge on any atom is -0.380 e. The van der Waals surface area contributed by atoms with Crippen LogP contribution in [-0.4, -0.2) is 5.11 Å². The van der Waals surface area contributed by atoms with E-state index in [9.17, 15) is 13.9 Å². The van der Waals surface area contributed by atoms with E-state index in [-0.39, 0.29) is 10.6 Å². The maximum Gasteiger partial charge on any atom is 0.132 e. The quantitative estimate of drug-likeness (QED) is 0.876. The van der Waals surface area contributed by atoms with Crippen molar-refractivity contribution in [1.82, 2.24) is 0 Å². The van der Waals surface area contributed by atoms with Crippen molar-refractivity contribution in [3.63, 3.8) is 0 Å². The number of hydrogen-bond acceptors (Lipinski definition) is 1. The van der Waals surface area contributed by atoms with Gasteiger partial charge in [-0.2, -0.15) is 0 Å². The van der Waals surface area contributed by atoms with Crippen molar-refractivity contribution < 1.29 is 13.9 Å². The van der Waals surface area contributed by atoms with Gasteiger partial charge in [0.1, 0.15) is 17.2 Å². The molecule has 0 saturated heterocycles. The standard InChI is InChI=1S/C14H11ClF2O/c1-14(18,9-5-2-3-6-10(9)15)13-11(16)7-4-8-12(13)17/h2-8,18H,1H3. The molecule has 2 aromatic rings. The Bertz CT molecular complexity index is 562. The molecule has 2 rings (SSSR count). The number of rotatable bonds is 2. The molecule has 0 amide bonds. The first-order valence-electron chi connectivity index (χ1n) is 5.36. The van der Waals surface area contributed by atoms with Gasteiger partial charge in [0.25, 0.3) is 0 Å². The Hall–Kier alpha value is -1.45. The second-order valence-corrected chi connectivity index (χ2v) is 4.56. The molecule has 1 N–H and O–H groups in total. The van der Waals surface area contributed by atoms with Gasteiger partial charge in [0.05, 0.1) is 5.56 Å². The Morgan fingerprint density at radius 1 is 1.00 bits per heavy atom. The van der Waals surface area contributed by atoms with Gasteiger partial charge in [0.15, 0.2) is 0 Å². The molecule has 4 heteroatoms. The highest BCUT2D eigenvalue weighted by Crippen LogP contribution is 2.36. The molecule has 1 unspecified atom stereocenters. The van der Waals surface area contributed by atoms with Gasteiger partial charge in [0.2, 0.25) is 0 Å². The molecule has 0 aliphatic rings. The van der Waals surface area contributed by atoms with Gasteiger partial charge in [-0.15, -0.1) is 0 Å². The zero-order valence-corrected chi connectivity index (χ0v) is 10.4. The van der Waals surface area contributed by atoms with Crippen LogP contribution in [-0.2, 0) is 5.60 Å². The fourth-order valence-electron chi connectivity index (χ4n) is 1.95. The summed E-state index contributed by atoms with van der Waals surface area (Å²) in [6, 6.07) is 9.87. The monoisotopic (exact) mass is 268 g/mol. The second kappa shape index (κ2) is 4.67. The van der Waals surface area contributed by atoms with Crippen LogP contribution in [0.4, 0.5) is 8.78 Å². The first-order chi connectivity index (χ1) is 8.44. The van der Waals surface area contributed by atoms with Gasteiger partial charge in [0, 0.05) is 10.6 Å². The van der Waals surface area contributed by atoms with Crippen molar-refractivity contribution in [1.29, 1.82) is 0 Å². The van der Waals surface area contributed by atoms with Crippen molar-refractivity contribution in [2.45, 2.75) is 12.5 Å². The highest BCUT2D eigenvalue weighted by molar-refractivity contribution is 6.31. The molecule has 0 radical (unpaired) electrons. The van der Waals surface area contributed by atoms with Crippen molar-refractivity contribution in [3.05, 3.63) is 70.2 Å². The van der Waals surface area contributed by atoms with Crippen LogP contribution < -0.4 is 0 Å². The fourth-order valence-corrected chi connectivity index (χ4v) is 2.27. The number of hydrogen-bond donors (Lipinski definition) is 1. The maximum absolute atomic E-state index is 13.7. The molecule has 0 heterocycles. The van der Waals surface area contributed by atoms with Crippen LogP contribution in [0.3, 0.4) is 0 Å². The van der Waals surface area contributed by atoms with Gasteiger partial charge in [-0.1, -0.05) is 35.9 Å². The van der Waals surface area contributed by atoms with E-state index in [1.807, 2.05) is 0 Å². The summed E-state index contributed by atoms with van der Waals surface area (Å²) in [5.74, 6) is -1.61. The smallest absolute Gasteiger partial charge is 0.132 e. The average Bonchev–Trinajstić information content (AvgIpc) is 2.28. The Labute approximate surface area is 109 Å². The van der Waals surface area contributed by atoms with Gasteiger partial charge in [-0.3, -0.25) is 0 Å². The van der Waals surface area contributed by atoms with Crippen LogP contribution in [0.2, 0.25) is 5.02 Å². The summed E-state index contributed by atoms with van der Waals surface area (Å²) in [7, 11) is 0. The first-order valence-corrected chi connectivity index (χ1v) is 5.74. The van der Waals surface area contributed by atoms with Crippen LogP contribution in [0.25, 0.3) is 0 Å². The minimum atomic E-state index is -1.83. The highest BCUT2D eigenvalue weighted by Gasteiger charge is 2.33. The number of halogens is 3. The topological polar surface area (TPSA) is 20.2 Å². The van der Waals surface area contributed by atoms with Crippen molar-refractivity contribution in [2.24, 2.45) is 0 Å². The predicted octanol–water partition coefficient (Wildman–Crippen LogP) is 3.87. The first kappa shape index (κ1) is 13.0. The van der Waals surface area contributed by atoms with E-state index in [2.05, 4.69) is 0 Å². The van der Waals surface area contributed by atoms with E-state index in [4.69, 9.17) is 11.6 Å². The summed E-state index contributed by atoms with van der Waals surface area (Å²) in [6.45, 7) is 1.32. The molecule has 94 valence electrons. The molecule has 1 atom stereocenters. The maximum atomic E-state index is 13.7. The lowest BCUT2D eigenvalue weighted by molar-refractivity contribution is 0.0935. The molecular weight excluding hydrogens is 258 g/mol. The van der Waals surface area contributed by atoms with E-state index in [0.29, 0.717) is 0 Å². The normalized spacial score (nSPS) is 14.3. The summed E-state index contributed by atoms with van der Waals surface area (Å²) in [4.78, 5) is 0. The Balaban J connectivity index is 2.66. The number of aliphatic hydroxyl groups is 1. The third-order valence-corrected chi connectivity index (χ3v) is 3.18. The summed E-state index contributed by atoms with van der Waals surface area (Å²) in [6.07, 6.45) is 0. The van der Waals surface area contributed by atoms with Crippen LogP contribution in [0.15, 0.2) is 42.5 Å². The molecular formula is C14H11ClF2O. The van der Waals surface area contributed by atoms with Crippen LogP contribution >= 0.6 is 11.6 Å². The molecule has 0 fully saturated rings. The molecule has 18 heavy (non-hydrogen) atoms. The van der Waals surface area contributed by atoms with Gasteiger partial charge in [-0.05, 0) is 25.1 Å². The van der Waals surface area contributed by atoms with Crippen LogP contribution in [0, 0.1) is 11.6 Å². The summed E-state index contributed by atoms with van der Waals surface area (Å²) in [5.41, 5.74) is -1.97. The lowest BCUT2D eigenvalue weighted by Crippen LogP contribution is -2.26. The highest BCUT2D eigenvalue weighted by atomic mass is 35.5. The van der Waals surface area contributed by atoms with E-state index in [0.717, 1.165) is 12.1 Å². The van der Waals surface area contributed by atoms with E-state index in [1.165, 1.54) is 19.1 Å². The summed E-state index contributed by atoms with van der Waals surface area (Å²) < 4.78 is 27.4. The molecule has 0 saturated carbocycles. The molecule has 0 bridgehead atoms. The fraction of sp³-hybridized carbons (Fsp3) is 0.143. The molecule has 1 nitrogen and oxygen atoms in total. The molecule has 2 aromatic carbocycles. The average molecular weight is 269 g/mol. The van der Waals surface area contributed by atoms with Crippen molar-refractivity contribution in [2.75, 3.05) is 0 Å². The predicted molar refractivity (Wildman–Crippen MR) is 66.5 cm³/mol. The minimum absolute atomic E-state index is 0.255. The van der Waals surface area contributed by atoms with Crippen molar-refractivity contribution >= 4 is 11.6 Å². The third-order valence-electron chi connectivity index (χ3n) is 2.85. The second-order valence-electron chi connectivity index (χ2n) is 4.15. The third kappa shape index (κ3) is 2.11. The van der Waals surface area contributed by atoms with Gasteiger partial charge < -0.3 is 5.11 Å². The van der Waals surface area contributed by atoms with E-state index in [1.54, 1.807) is 18.2 Å². The van der Waals surface area contributed by atoms with E-state index >= 15 is 0 Å². The Morgan fingerprint density at radius 2 is 1.56 bits per heavy atom. The SMILES string of the molecule is CC(O)(c1ccccc1Cl)c1c(F)cccc1F. The molecule has 0 spiro atoms. The molecule has 0 aliphatic heterocycles. The van der Waals surface area contributed by atoms with E-state index < -0.39 is 22.8 Å². The zero-order valence-electron chi connectivity index (χ0n) is 9.62. The number of benzene rings is 2. The largest absolute Gasteiger partial charge is 0.380 e. The van der Waals surface area contributed by atoms with Gasteiger partial charge in [-0.25, -0.2) is 8.78 Å². The Morgan fingerprint density at radius 3 is 2.11 bits per heavy atom. The lowest BCUT2D eigenvalue weighted by Gasteiger charge is -2.26. The van der Waals surface area contributed by atoms with Gasteiger partial charge >= 0.3 is 0 Å². The Kier molecular flexibility index (Phi) is 3.37. The summed E-state index contributed by atoms with van der Waals surface area (Å²) >= 11 is 5.96.